The Morgan fingerprint density at radius 3 is 2.50 bits per heavy atom. The number of rotatable bonds is 2. The molecular formula is C13H19NO2. The van der Waals surface area contributed by atoms with Gasteiger partial charge in [-0.05, 0) is 45.2 Å². The molecule has 0 aliphatic carbocycles. The Morgan fingerprint density at radius 2 is 1.88 bits per heavy atom. The number of hydrogen-bond donors (Lipinski definition) is 1. The van der Waals surface area contributed by atoms with Crippen LogP contribution >= 0.6 is 0 Å². The first-order valence-corrected chi connectivity index (χ1v) is 5.56. The second-order valence-corrected chi connectivity index (χ2v) is 5.21. The standard InChI is InChI=1S/C13H19NO2/c1-8-5-10(6-13(3,4)14)12-11(9(8)2)15-7-16-12/h5H,6-7,14H2,1-4H3. The van der Waals surface area contributed by atoms with E-state index < -0.39 is 0 Å². The first kappa shape index (κ1) is 11.3. The first-order valence-electron chi connectivity index (χ1n) is 5.56. The van der Waals surface area contributed by atoms with Gasteiger partial charge in [0.05, 0.1) is 0 Å². The van der Waals surface area contributed by atoms with Crippen molar-refractivity contribution in [3.8, 4) is 11.5 Å². The average Bonchev–Trinajstić information content (AvgIpc) is 2.60. The van der Waals surface area contributed by atoms with Gasteiger partial charge >= 0.3 is 0 Å². The Morgan fingerprint density at radius 1 is 1.25 bits per heavy atom. The van der Waals surface area contributed by atoms with E-state index in [2.05, 4.69) is 19.9 Å². The van der Waals surface area contributed by atoms with Crippen molar-refractivity contribution in [2.24, 2.45) is 5.73 Å². The molecule has 88 valence electrons. The van der Waals surface area contributed by atoms with E-state index in [0.29, 0.717) is 6.79 Å². The van der Waals surface area contributed by atoms with Crippen molar-refractivity contribution in [2.45, 2.75) is 39.7 Å². The van der Waals surface area contributed by atoms with E-state index in [9.17, 15) is 0 Å². The Bertz CT molecular complexity index is 419. The highest BCUT2D eigenvalue weighted by Gasteiger charge is 2.24. The lowest BCUT2D eigenvalue weighted by Gasteiger charge is -2.20. The number of nitrogens with two attached hydrogens (primary N) is 1. The fourth-order valence-electron chi connectivity index (χ4n) is 2.03. The topological polar surface area (TPSA) is 44.5 Å². The summed E-state index contributed by atoms with van der Waals surface area (Å²) < 4.78 is 11.0. The van der Waals surface area contributed by atoms with Crippen molar-refractivity contribution in [3.63, 3.8) is 0 Å². The van der Waals surface area contributed by atoms with Crippen molar-refractivity contribution in [1.29, 1.82) is 0 Å². The molecule has 0 radical (unpaired) electrons. The number of ether oxygens (including phenoxy) is 2. The van der Waals surface area contributed by atoms with Crippen molar-refractivity contribution in [3.05, 3.63) is 22.8 Å². The molecule has 1 aromatic rings. The summed E-state index contributed by atoms with van der Waals surface area (Å²) in [5, 5.41) is 0. The smallest absolute Gasteiger partial charge is 0.231 e. The van der Waals surface area contributed by atoms with E-state index in [4.69, 9.17) is 15.2 Å². The molecule has 0 atom stereocenters. The summed E-state index contributed by atoms with van der Waals surface area (Å²) in [6, 6.07) is 2.15. The Kier molecular flexibility index (Phi) is 2.58. The molecule has 3 nitrogen and oxygen atoms in total. The molecule has 3 heteroatoms. The molecule has 0 fully saturated rings. The van der Waals surface area contributed by atoms with E-state index in [1.54, 1.807) is 0 Å². The predicted octanol–water partition coefficient (Wildman–Crippen LogP) is 2.31. The van der Waals surface area contributed by atoms with Crippen LogP contribution in [0, 0.1) is 13.8 Å². The highest BCUT2D eigenvalue weighted by Crippen LogP contribution is 2.41. The minimum Gasteiger partial charge on any atom is -0.453 e. The van der Waals surface area contributed by atoms with Crippen molar-refractivity contribution in [1.82, 2.24) is 0 Å². The number of benzene rings is 1. The summed E-state index contributed by atoms with van der Waals surface area (Å²) >= 11 is 0. The van der Waals surface area contributed by atoms with Gasteiger partial charge in [0.25, 0.3) is 0 Å². The number of fused-ring (bicyclic) bond motifs is 1. The molecule has 2 N–H and O–H groups in total. The summed E-state index contributed by atoms with van der Waals surface area (Å²) in [5.41, 5.74) is 9.34. The van der Waals surface area contributed by atoms with Gasteiger partial charge in [0.1, 0.15) is 0 Å². The molecule has 1 aliphatic rings. The summed E-state index contributed by atoms with van der Waals surface area (Å²) in [4.78, 5) is 0. The van der Waals surface area contributed by atoms with Crippen LogP contribution in [0.2, 0.25) is 0 Å². The Labute approximate surface area is 96.5 Å². The lowest BCUT2D eigenvalue weighted by Crippen LogP contribution is -2.34. The third kappa shape index (κ3) is 2.00. The van der Waals surface area contributed by atoms with Crippen LogP contribution in [-0.4, -0.2) is 12.3 Å². The monoisotopic (exact) mass is 221 g/mol. The van der Waals surface area contributed by atoms with Gasteiger partial charge in [-0.2, -0.15) is 0 Å². The van der Waals surface area contributed by atoms with Gasteiger partial charge in [0.2, 0.25) is 6.79 Å². The largest absolute Gasteiger partial charge is 0.453 e. The van der Waals surface area contributed by atoms with Crippen LogP contribution < -0.4 is 15.2 Å². The van der Waals surface area contributed by atoms with Crippen LogP contribution in [0.5, 0.6) is 11.5 Å². The predicted molar refractivity (Wildman–Crippen MR) is 64.0 cm³/mol. The lowest BCUT2D eigenvalue weighted by atomic mass is 9.93. The first-order chi connectivity index (χ1) is 7.38. The maximum atomic E-state index is 6.05. The van der Waals surface area contributed by atoms with E-state index >= 15 is 0 Å². The van der Waals surface area contributed by atoms with Gasteiger partial charge < -0.3 is 15.2 Å². The van der Waals surface area contributed by atoms with E-state index in [1.165, 1.54) is 5.56 Å². The second kappa shape index (κ2) is 3.67. The molecule has 1 aliphatic heterocycles. The van der Waals surface area contributed by atoms with Crippen LogP contribution in [0.3, 0.4) is 0 Å². The lowest BCUT2D eigenvalue weighted by molar-refractivity contribution is 0.172. The van der Waals surface area contributed by atoms with Crippen LogP contribution in [0.4, 0.5) is 0 Å². The van der Waals surface area contributed by atoms with Gasteiger partial charge in [0.15, 0.2) is 11.5 Å². The van der Waals surface area contributed by atoms with Crippen LogP contribution in [0.1, 0.15) is 30.5 Å². The average molecular weight is 221 g/mol. The third-order valence-electron chi connectivity index (χ3n) is 2.87. The summed E-state index contributed by atoms with van der Waals surface area (Å²) in [7, 11) is 0. The Hall–Kier alpha value is -1.22. The number of aryl methyl sites for hydroxylation is 1. The Balaban J connectivity index is 2.47. The van der Waals surface area contributed by atoms with Gasteiger partial charge in [-0.25, -0.2) is 0 Å². The van der Waals surface area contributed by atoms with Crippen LogP contribution in [-0.2, 0) is 6.42 Å². The molecule has 1 heterocycles. The zero-order chi connectivity index (χ0) is 11.9. The van der Waals surface area contributed by atoms with Crippen LogP contribution in [0.25, 0.3) is 0 Å². The molecule has 0 unspecified atom stereocenters. The van der Waals surface area contributed by atoms with E-state index in [1.807, 2.05) is 13.8 Å². The van der Waals surface area contributed by atoms with Gasteiger partial charge in [0, 0.05) is 11.1 Å². The molecule has 1 aromatic carbocycles. The maximum Gasteiger partial charge on any atom is 0.231 e. The minimum atomic E-state index is -0.235. The maximum absolute atomic E-state index is 6.05. The minimum absolute atomic E-state index is 0.235. The molecule has 0 saturated carbocycles. The molecule has 2 rings (SSSR count). The SMILES string of the molecule is Cc1cc(CC(C)(C)N)c2c(c1C)OCO2. The third-order valence-corrected chi connectivity index (χ3v) is 2.87. The molecule has 0 bridgehead atoms. The van der Waals surface area contributed by atoms with Gasteiger partial charge in [-0.15, -0.1) is 0 Å². The second-order valence-electron chi connectivity index (χ2n) is 5.21. The van der Waals surface area contributed by atoms with Gasteiger partial charge in [-0.3, -0.25) is 0 Å². The van der Waals surface area contributed by atoms with Crippen molar-refractivity contribution in [2.75, 3.05) is 6.79 Å². The fraction of sp³-hybridized carbons (Fsp3) is 0.538. The fourth-order valence-corrected chi connectivity index (χ4v) is 2.03. The van der Waals surface area contributed by atoms with Crippen LogP contribution in [0.15, 0.2) is 6.07 Å². The molecule has 0 amide bonds. The normalized spacial score (nSPS) is 14.3. The molecule has 16 heavy (non-hydrogen) atoms. The van der Waals surface area contributed by atoms with Gasteiger partial charge in [-0.1, -0.05) is 6.07 Å². The molecular weight excluding hydrogens is 202 g/mol. The highest BCUT2D eigenvalue weighted by atomic mass is 16.7. The molecule has 0 saturated heterocycles. The summed E-state index contributed by atoms with van der Waals surface area (Å²) in [6.07, 6.45) is 0.791. The highest BCUT2D eigenvalue weighted by molar-refractivity contribution is 5.56. The molecule has 0 spiro atoms. The number of hydrogen-bond acceptors (Lipinski definition) is 3. The van der Waals surface area contributed by atoms with E-state index in [-0.39, 0.29) is 5.54 Å². The van der Waals surface area contributed by atoms with Crippen molar-refractivity contribution < 1.29 is 9.47 Å². The quantitative estimate of drug-likeness (QED) is 0.833. The molecule has 0 aromatic heterocycles. The van der Waals surface area contributed by atoms with Crippen molar-refractivity contribution >= 4 is 0 Å². The zero-order valence-corrected chi connectivity index (χ0v) is 10.4. The zero-order valence-electron chi connectivity index (χ0n) is 10.4. The summed E-state index contributed by atoms with van der Waals surface area (Å²) in [6.45, 7) is 8.50. The van der Waals surface area contributed by atoms with E-state index in [0.717, 1.165) is 29.0 Å². The summed E-state index contributed by atoms with van der Waals surface area (Å²) in [5.74, 6) is 1.76.